The van der Waals surface area contributed by atoms with E-state index in [1.807, 2.05) is 53.4 Å². The summed E-state index contributed by atoms with van der Waals surface area (Å²) in [6, 6.07) is 15.2. The molecule has 2 aromatic carbocycles. The van der Waals surface area contributed by atoms with Gasteiger partial charge in [0.15, 0.2) is 0 Å². The summed E-state index contributed by atoms with van der Waals surface area (Å²) in [6.45, 7) is 6.13. The number of piperidine rings is 1. The zero-order chi connectivity index (χ0) is 18.6. The maximum Gasteiger partial charge on any atom is 0.253 e. The number of methoxy groups -OCH3 is 1. The Hall–Kier alpha value is -2.73. The first-order valence-corrected chi connectivity index (χ1v) is 9.02. The van der Waals surface area contributed by atoms with Crippen molar-refractivity contribution < 1.29 is 9.53 Å². The summed E-state index contributed by atoms with van der Waals surface area (Å²) in [4.78, 5) is 14.7. The molecule has 1 saturated heterocycles. The smallest absolute Gasteiger partial charge is 0.253 e. The van der Waals surface area contributed by atoms with Gasteiger partial charge in [-0.15, -0.1) is 0 Å². The van der Waals surface area contributed by atoms with E-state index >= 15 is 0 Å². The molecule has 3 heteroatoms. The van der Waals surface area contributed by atoms with E-state index in [0.717, 1.165) is 42.0 Å². The molecule has 1 aliphatic rings. The highest BCUT2D eigenvalue weighted by molar-refractivity contribution is 5.94. The Kier molecular flexibility index (Phi) is 5.32. The van der Waals surface area contributed by atoms with Crippen LogP contribution in [0.25, 0.3) is 0 Å². The lowest BCUT2D eigenvalue weighted by Crippen LogP contribution is -2.43. The molecule has 0 aliphatic carbocycles. The molecule has 0 bridgehead atoms. The van der Waals surface area contributed by atoms with Crippen LogP contribution in [0.15, 0.2) is 48.5 Å². The van der Waals surface area contributed by atoms with Gasteiger partial charge in [-0.3, -0.25) is 4.79 Å². The molecule has 0 saturated carbocycles. The first-order chi connectivity index (χ1) is 12.5. The van der Waals surface area contributed by atoms with E-state index in [2.05, 4.69) is 25.7 Å². The van der Waals surface area contributed by atoms with Crippen molar-refractivity contribution in [2.45, 2.75) is 26.7 Å². The second-order valence-corrected chi connectivity index (χ2v) is 7.55. The highest BCUT2D eigenvalue weighted by atomic mass is 16.5. The third-order valence-corrected chi connectivity index (χ3v) is 4.76. The molecule has 1 fully saturated rings. The lowest BCUT2D eigenvalue weighted by molar-refractivity contribution is 0.0583. The van der Waals surface area contributed by atoms with Crippen LogP contribution < -0.4 is 4.74 Å². The number of carbonyl (C=O) groups is 1. The van der Waals surface area contributed by atoms with Crippen LogP contribution in [0.3, 0.4) is 0 Å². The second-order valence-electron chi connectivity index (χ2n) is 7.55. The summed E-state index contributed by atoms with van der Waals surface area (Å²) in [7, 11) is 1.65. The summed E-state index contributed by atoms with van der Waals surface area (Å²) in [5.74, 6) is 7.21. The number of hydrogen-bond acceptors (Lipinski definition) is 2. The van der Waals surface area contributed by atoms with Crippen molar-refractivity contribution in [1.82, 2.24) is 4.90 Å². The number of likely N-dealkylation sites (tertiary alicyclic amines) is 1. The van der Waals surface area contributed by atoms with E-state index in [1.165, 1.54) is 6.42 Å². The minimum absolute atomic E-state index is 0.118. The van der Waals surface area contributed by atoms with Gasteiger partial charge < -0.3 is 9.64 Å². The number of rotatable bonds is 2. The molecule has 0 radical (unpaired) electrons. The Morgan fingerprint density at radius 3 is 2.12 bits per heavy atom. The molecule has 0 N–H and O–H groups in total. The number of amides is 1. The predicted molar refractivity (Wildman–Crippen MR) is 104 cm³/mol. The largest absolute Gasteiger partial charge is 0.497 e. The summed E-state index contributed by atoms with van der Waals surface area (Å²) in [5, 5.41) is 0. The van der Waals surface area contributed by atoms with E-state index in [1.54, 1.807) is 7.11 Å². The molecule has 0 atom stereocenters. The van der Waals surface area contributed by atoms with Crippen molar-refractivity contribution in [1.29, 1.82) is 0 Å². The zero-order valence-corrected chi connectivity index (χ0v) is 15.7. The Bertz CT molecular complexity index is 823. The normalized spacial score (nSPS) is 15.7. The topological polar surface area (TPSA) is 29.5 Å². The predicted octanol–water partition coefficient (Wildman–Crippen LogP) is 4.36. The average Bonchev–Trinajstić information content (AvgIpc) is 2.66. The Labute approximate surface area is 156 Å². The Morgan fingerprint density at radius 1 is 1.00 bits per heavy atom. The van der Waals surface area contributed by atoms with Gasteiger partial charge in [0.25, 0.3) is 5.91 Å². The van der Waals surface area contributed by atoms with Crippen molar-refractivity contribution in [3.63, 3.8) is 0 Å². The summed E-state index contributed by atoms with van der Waals surface area (Å²) >= 11 is 0. The van der Waals surface area contributed by atoms with E-state index in [0.29, 0.717) is 0 Å². The molecule has 2 aromatic rings. The van der Waals surface area contributed by atoms with Crippen molar-refractivity contribution in [2.24, 2.45) is 5.41 Å². The molecule has 26 heavy (non-hydrogen) atoms. The van der Waals surface area contributed by atoms with E-state index in [4.69, 9.17) is 4.74 Å². The average molecular weight is 347 g/mol. The lowest BCUT2D eigenvalue weighted by atomic mass is 9.84. The molecule has 3 nitrogen and oxygen atoms in total. The highest BCUT2D eigenvalue weighted by Gasteiger charge is 2.29. The molecule has 134 valence electrons. The minimum atomic E-state index is 0.118. The fourth-order valence-corrected chi connectivity index (χ4v) is 3.29. The molecule has 3 rings (SSSR count). The third-order valence-electron chi connectivity index (χ3n) is 4.76. The Morgan fingerprint density at radius 2 is 1.58 bits per heavy atom. The van der Waals surface area contributed by atoms with Gasteiger partial charge in [0.1, 0.15) is 5.75 Å². The van der Waals surface area contributed by atoms with Crippen molar-refractivity contribution in [2.75, 3.05) is 20.2 Å². The van der Waals surface area contributed by atoms with Gasteiger partial charge in [-0.1, -0.05) is 25.7 Å². The highest BCUT2D eigenvalue weighted by Crippen LogP contribution is 2.29. The van der Waals surface area contributed by atoms with Gasteiger partial charge in [-0.2, -0.15) is 0 Å². The van der Waals surface area contributed by atoms with Crippen LogP contribution in [0.4, 0.5) is 0 Å². The number of carbonyl (C=O) groups excluding carboxylic acids is 1. The Balaban J connectivity index is 1.68. The van der Waals surface area contributed by atoms with Crippen LogP contribution >= 0.6 is 0 Å². The van der Waals surface area contributed by atoms with Crippen LogP contribution in [0.2, 0.25) is 0 Å². The molecular weight excluding hydrogens is 322 g/mol. The van der Waals surface area contributed by atoms with Gasteiger partial charge in [0, 0.05) is 29.8 Å². The fourth-order valence-electron chi connectivity index (χ4n) is 3.29. The van der Waals surface area contributed by atoms with Gasteiger partial charge in [0.2, 0.25) is 0 Å². The van der Waals surface area contributed by atoms with E-state index in [9.17, 15) is 4.79 Å². The van der Waals surface area contributed by atoms with Crippen molar-refractivity contribution in [3.8, 4) is 17.6 Å². The number of nitrogens with zero attached hydrogens (tertiary/aromatic N) is 1. The monoisotopic (exact) mass is 347 g/mol. The van der Waals surface area contributed by atoms with E-state index < -0.39 is 0 Å². The van der Waals surface area contributed by atoms with Crippen LogP contribution in [0.1, 0.15) is 48.2 Å². The molecule has 1 amide bonds. The summed E-state index contributed by atoms with van der Waals surface area (Å²) in [5.41, 5.74) is 2.77. The number of hydrogen-bond donors (Lipinski definition) is 0. The van der Waals surface area contributed by atoms with Crippen molar-refractivity contribution in [3.05, 3.63) is 65.2 Å². The number of benzene rings is 2. The van der Waals surface area contributed by atoms with Crippen molar-refractivity contribution >= 4 is 5.91 Å². The number of ether oxygens (including phenoxy) is 1. The maximum absolute atomic E-state index is 12.7. The lowest BCUT2D eigenvalue weighted by Gasteiger charge is -2.38. The van der Waals surface area contributed by atoms with Crippen LogP contribution in [-0.2, 0) is 0 Å². The second kappa shape index (κ2) is 7.66. The minimum Gasteiger partial charge on any atom is -0.497 e. The van der Waals surface area contributed by atoms with Crippen LogP contribution in [0.5, 0.6) is 5.75 Å². The molecule has 1 aliphatic heterocycles. The first kappa shape index (κ1) is 18.1. The quantitative estimate of drug-likeness (QED) is 0.756. The van der Waals surface area contributed by atoms with Gasteiger partial charge >= 0.3 is 0 Å². The molecule has 0 spiro atoms. The summed E-state index contributed by atoms with van der Waals surface area (Å²) < 4.78 is 5.15. The third kappa shape index (κ3) is 4.46. The van der Waals surface area contributed by atoms with Gasteiger partial charge in [-0.05, 0) is 66.8 Å². The summed E-state index contributed by atoms with van der Waals surface area (Å²) in [6.07, 6.45) is 2.25. The van der Waals surface area contributed by atoms with Crippen LogP contribution in [-0.4, -0.2) is 31.0 Å². The zero-order valence-electron chi connectivity index (χ0n) is 15.7. The molecule has 0 unspecified atom stereocenters. The first-order valence-electron chi connectivity index (χ1n) is 9.02. The molecule has 1 heterocycles. The SMILES string of the molecule is COc1ccc(C#Cc2ccc(C(=O)N3CCCC(C)(C)C3)cc2)cc1. The molecule has 0 aromatic heterocycles. The van der Waals surface area contributed by atoms with Crippen LogP contribution in [0, 0.1) is 17.3 Å². The van der Waals surface area contributed by atoms with E-state index in [-0.39, 0.29) is 11.3 Å². The van der Waals surface area contributed by atoms with Gasteiger partial charge in [-0.25, -0.2) is 0 Å². The molecular formula is C23H25NO2. The van der Waals surface area contributed by atoms with Gasteiger partial charge in [0.05, 0.1) is 7.11 Å². The maximum atomic E-state index is 12.7. The fraction of sp³-hybridized carbons (Fsp3) is 0.348. The standard InChI is InChI=1S/C23H25NO2/c1-23(2)15-4-16-24(17-23)22(25)20-11-7-18(8-12-20)5-6-19-9-13-21(26-3)14-10-19/h7-14H,4,15-17H2,1-3H3.